The van der Waals surface area contributed by atoms with E-state index in [2.05, 4.69) is 0 Å². The molecular weight excluding hydrogens is 253 g/mol. The van der Waals surface area contributed by atoms with Gasteiger partial charge in [0.05, 0.1) is 5.92 Å². The quantitative estimate of drug-likeness (QED) is 0.908. The largest absolute Gasteiger partial charge is 0.369 e. The Hall–Kier alpha value is -0.380. The zero-order valence-corrected chi connectivity index (χ0v) is 10.5. The number of nitrogens with two attached hydrogens (primary N) is 1. The third-order valence-corrected chi connectivity index (χ3v) is 3.26. The van der Waals surface area contributed by atoms with Gasteiger partial charge in [0.25, 0.3) is 0 Å². The molecule has 0 bridgehead atoms. The summed E-state index contributed by atoms with van der Waals surface area (Å²) in [6.07, 6.45) is 1.91. The van der Waals surface area contributed by atoms with Crippen LogP contribution >= 0.6 is 35.0 Å². The highest BCUT2D eigenvalue weighted by atomic mass is 35.5. The van der Waals surface area contributed by atoms with Gasteiger partial charge in [-0.2, -0.15) is 11.8 Å². The molecule has 0 aliphatic rings. The van der Waals surface area contributed by atoms with Crippen LogP contribution < -0.4 is 5.73 Å². The smallest absolute Gasteiger partial charge is 0.225 e. The van der Waals surface area contributed by atoms with Gasteiger partial charge in [0.1, 0.15) is 0 Å². The summed E-state index contributed by atoms with van der Waals surface area (Å²) in [4.78, 5) is 11.3. The van der Waals surface area contributed by atoms with Gasteiger partial charge in [0.15, 0.2) is 0 Å². The van der Waals surface area contributed by atoms with Crippen molar-refractivity contribution in [2.45, 2.75) is 5.92 Å². The third-order valence-electron chi connectivity index (χ3n) is 2.01. The predicted molar refractivity (Wildman–Crippen MR) is 66.8 cm³/mol. The molecule has 1 amide bonds. The maximum absolute atomic E-state index is 11.3. The Kier molecular flexibility index (Phi) is 4.77. The van der Waals surface area contributed by atoms with E-state index < -0.39 is 0 Å². The number of halogens is 2. The number of hydrogen-bond acceptors (Lipinski definition) is 2. The topological polar surface area (TPSA) is 43.1 Å². The van der Waals surface area contributed by atoms with Gasteiger partial charge in [-0.1, -0.05) is 23.2 Å². The van der Waals surface area contributed by atoms with E-state index in [1.165, 1.54) is 0 Å². The summed E-state index contributed by atoms with van der Waals surface area (Å²) >= 11 is 13.4. The molecule has 0 heterocycles. The Morgan fingerprint density at radius 1 is 1.53 bits per heavy atom. The third kappa shape index (κ3) is 3.30. The Labute approximate surface area is 103 Å². The van der Waals surface area contributed by atoms with Crippen LogP contribution in [0.3, 0.4) is 0 Å². The van der Waals surface area contributed by atoms with Crippen molar-refractivity contribution in [2.75, 3.05) is 12.0 Å². The van der Waals surface area contributed by atoms with Gasteiger partial charge in [-0.15, -0.1) is 0 Å². The fraction of sp³-hybridized carbons (Fsp3) is 0.300. The molecule has 1 aromatic rings. The minimum atomic E-state index is -0.383. The van der Waals surface area contributed by atoms with Gasteiger partial charge >= 0.3 is 0 Å². The predicted octanol–water partition coefficient (Wildman–Crippen LogP) is 2.93. The zero-order chi connectivity index (χ0) is 11.4. The molecule has 2 N–H and O–H groups in total. The average molecular weight is 264 g/mol. The molecule has 82 valence electrons. The average Bonchev–Trinajstić information content (AvgIpc) is 2.18. The number of carbonyl (C=O) groups excluding carboxylic acids is 1. The lowest BCUT2D eigenvalue weighted by Gasteiger charge is -2.14. The Morgan fingerprint density at radius 2 is 2.20 bits per heavy atom. The molecule has 1 atom stereocenters. The van der Waals surface area contributed by atoms with Crippen molar-refractivity contribution in [3.63, 3.8) is 0 Å². The molecule has 0 radical (unpaired) electrons. The first-order valence-electron chi connectivity index (χ1n) is 4.29. The van der Waals surface area contributed by atoms with E-state index in [4.69, 9.17) is 28.9 Å². The second-order valence-electron chi connectivity index (χ2n) is 3.08. The molecule has 0 aromatic heterocycles. The molecule has 0 unspecified atom stereocenters. The van der Waals surface area contributed by atoms with Crippen LogP contribution in [0.1, 0.15) is 11.5 Å². The molecule has 1 rings (SSSR count). The van der Waals surface area contributed by atoms with E-state index in [9.17, 15) is 4.79 Å². The van der Waals surface area contributed by atoms with E-state index >= 15 is 0 Å². The molecule has 0 aliphatic heterocycles. The first-order valence-corrected chi connectivity index (χ1v) is 6.44. The first-order chi connectivity index (χ1) is 7.06. The van der Waals surface area contributed by atoms with Gasteiger partial charge in [-0.25, -0.2) is 0 Å². The van der Waals surface area contributed by atoms with E-state index in [-0.39, 0.29) is 11.8 Å². The molecule has 0 fully saturated rings. The lowest BCUT2D eigenvalue weighted by molar-refractivity contribution is -0.118. The highest BCUT2D eigenvalue weighted by molar-refractivity contribution is 7.98. The van der Waals surface area contributed by atoms with Crippen molar-refractivity contribution >= 4 is 40.9 Å². The monoisotopic (exact) mass is 263 g/mol. The zero-order valence-electron chi connectivity index (χ0n) is 8.17. The summed E-state index contributed by atoms with van der Waals surface area (Å²) in [5.74, 6) is -0.158. The number of hydrogen-bond donors (Lipinski definition) is 1. The molecule has 0 aliphatic carbocycles. The Balaban J connectivity index is 3.09. The van der Waals surface area contributed by atoms with Crippen LogP contribution in [0.5, 0.6) is 0 Å². The van der Waals surface area contributed by atoms with Crippen molar-refractivity contribution in [3.8, 4) is 0 Å². The van der Waals surface area contributed by atoms with Gasteiger partial charge in [-0.05, 0) is 30.0 Å². The van der Waals surface area contributed by atoms with Crippen molar-refractivity contribution in [1.82, 2.24) is 0 Å². The van der Waals surface area contributed by atoms with E-state index in [0.717, 1.165) is 0 Å². The van der Waals surface area contributed by atoms with Crippen LogP contribution in [0.25, 0.3) is 0 Å². The first kappa shape index (κ1) is 12.7. The number of primary amides is 1. The van der Waals surface area contributed by atoms with Gasteiger partial charge in [0, 0.05) is 15.8 Å². The van der Waals surface area contributed by atoms with Crippen LogP contribution in [-0.4, -0.2) is 17.9 Å². The number of rotatable bonds is 4. The number of thioether (sulfide) groups is 1. The van der Waals surface area contributed by atoms with Gasteiger partial charge in [-0.3, -0.25) is 4.79 Å². The lowest BCUT2D eigenvalue weighted by atomic mass is 10.0. The maximum Gasteiger partial charge on any atom is 0.225 e. The van der Waals surface area contributed by atoms with Crippen molar-refractivity contribution in [2.24, 2.45) is 5.73 Å². The number of benzene rings is 1. The van der Waals surface area contributed by atoms with E-state index in [1.807, 2.05) is 6.26 Å². The van der Waals surface area contributed by atoms with E-state index in [1.54, 1.807) is 30.0 Å². The standard InChI is InChI=1S/C10H11Cl2NOS/c1-15-5-8(10(13)14)7-4-6(11)2-3-9(7)12/h2-4,8H,5H2,1H3,(H2,13,14)/t8-/m0/s1. The highest BCUT2D eigenvalue weighted by Gasteiger charge is 2.20. The normalized spacial score (nSPS) is 12.5. The molecule has 1 aromatic carbocycles. The maximum atomic E-state index is 11.3. The fourth-order valence-corrected chi connectivity index (χ4v) is 2.38. The van der Waals surface area contributed by atoms with Crippen LogP contribution in [0.15, 0.2) is 18.2 Å². The minimum Gasteiger partial charge on any atom is -0.369 e. The highest BCUT2D eigenvalue weighted by Crippen LogP contribution is 2.29. The summed E-state index contributed by atoms with van der Waals surface area (Å²) in [5.41, 5.74) is 6.02. The number of amides is 1. The van der Waals surface area contributed by atoms with Crippen LogP contribution in [0, 0.1) is 0 Å². The van der Waals surface area contributed by atoms with Gasteiger partial charge in [0.2, 0.25) is 5.91 Å². The second-order valence-corrected chi connectivity index (χ2v) is 4.83. The van der Waals surface area contributed by atoms with Crippen LogP contribution in [-0.2, 0) is 4.79 Å². The van der Waals surface area contributed by atoms with E-state index in [0.29, 0.717) is 21.4 Å². The molecular formula is C10H11Cl2NOS. The summed E-state index contributed by atoms with van der Waals surface area (Å²) < 4.78 is 0. The second kappa shape index (κ2) is 5.64. The summed E-state index contributed by atoms with van der Waals surface area (Å²) in [6, 6.07) is 5.05. The Morgan fingerprint density at radius 3 is 2.73 bits per heavy atom. The van der Waals surface area contributed by atoms with Crippen molar-refractivity contribution < 1.29 is 4.79 Å². The lowest BCUT2D eigenvalue weighted by Crippen LogP contribution is -2.23. The molecule has 5 heteroatoms. The van der Waals surface area contributed by atoms with Gasteiger partial charge < -0.3 is 5.73 Å². The Bertz CT molecular complexity index is 370. The minimum absolute atomic E-state index is 0.381. The molecule has 0 spiro atoms. The number of carbonyl (C=O) groups is 1. The fourth-order valence-electron chi connectivity index (χ4n) is 1.27. The molecule has 0 saturated carbocycles. The summed E-state index contributed by atoms with van der Waals surface area (Å²) in [7, 11) is 0. The SMILES string of the molecule is CSC[C@H](C(N)=O)c1cc(Cl)ccc1Cl. The van der Waals surface area contributed by atoms with Crippen molar-refractivity contribution in [3.05, 3.63) is 33.8 Å². The summed E-state index contributed by atoms with van der Waals surface area (Å²) in [5, 5.41) is 1.08. The molecule has 0 saturated heterocycles. The van der Waals surface area contributed by atoms with Crippen molar-refractivity contribution in [1.29, 1.82) is 0 Å². The van der Waals surface area contributed by atoms with Crippen LogP contribution in [0.4, 0.5) is 0 Å². The van der Waals surface area contributed by atoms with Crippen LogP contribution in [0.2, 0.25) is 10.0 Å². The summed E-state index contributed by atoms with van der Waals surface area (Å²) in [6.45, 7) is 0. The molecule has 15 heavy (non-hydrogen) atoms. The molecule has 2 nitrogen and oxygen atoms in total.